The highest BCUT2D eigenvalue weighted by Gasteiger charge is 2.25. The molecule has 2 fully saturated rings. The molecule has 0 bridgehead atoms. The standard InChI is InChI=1S/C9H15N3O2/c13-8-4-3-7(5-10-8)12-9(14)11-6-1-2-6/h6-7H,1-5H2,(H,10,13)(H2,11,12,14). The van der Waals surface area contributed by atoms with Gasteiger partial charge in [-0.15, -0.1) is 0 Å². The fraction of sp³-hybridized carbons (Fsp3) is 0.778. The highest BCUT2D eigenvalue weighted by Crippen LogP contribution is 2.18. The largest absolute Gasteiger partial charge is 0.354 e. The van der Waals surface area contributed by atoms with Gasteiger partial charge in [-0.05, 0) is 19.3 Å². The summed E-state index contributed by atoms with van der Waals surface area (Å²) in [5.74, 6) is 0.0747. The van der Waals surface area contributed by atoms with E-state index in [9.17, 15) is 9.59 Å². The van der Waals surface area contributed by atoms with Crippen molar-refractivity contribution in [3.63, 3.8) is 0 Å². The van der Waals surface area contributed by atoms with Gasteiger partial charge in [0, 0.05) is 25.0 Å². The van der Waals surface area contributed by atoms with Gasteiger partial charge in [0.1, 0.15) is 0 Å². The van der Waals surface area contributed by atoms with E-state index in [2.05, 4.69) is 16.0 Å². The van der Waals surface area contributed by atoms with Gasteiger partial charge in [-0.3, -0.25) is 4.79 Å². The van der Waals surface area contributed by atoms with Crippen LogP contribution >= 0.6 is 0 Å². The van der Waals surface area contributed by atoms with E-state index in [1.807, 2.05) is 0 Å². The van der Waals surface area contributed by atoms with Crippen LogP contribution in [0, 0.1) is 0 Å². The number of amides is 3. The van der Waals surface area contributed by atoms with Crippen LogP contribution in [0.3, 0.4) is 0 Å². The van der Waals surface area contributed by atoms with Gasteiger partial charge in [-0.2, -0.15) is 0 Å². The molecule has 2 aliphatic rings. The Bertz CT molecular complexity index is 240. The first-order valence-electron chi connectivity index (χ1n) is 5.08. The number of nitrogens with one attached hydrogen (secondary N) is 3. The summed E-state index contributed by atoms with van der Waals surface area (Å²) in [5.41, 5.74) is 0. The lowest BCUT2D eigenvalue weighted by atomic mass is 10.1. The summed E-state index contributed by atoms with van der Waals surface area (Å²) in [6.07, 6.45) is 3.43. The summed E-state index contributed by atoms with van der Waals surface area (Å²) in [6, 6.07) is 0.369. The molecule has 1 aliphatic heterocycles. The zero-order valence-electron chi connectivity index (χ0n) is 8.01. The molecule has 5 nitrogen and oxygen atoms in total. The summed E-state index contributed by atoms with van der Waals surface area (Å²) >= 11 is 0. The Morgan fingerprint density at radius 2 is 1.93 bits per heavy atom. The summed E-state index contributed by atoms with van der Waals surface area (Å²) in [5, 5.41) is 8.42. The Labute approximate surface area is 82.6 Å². The van der Waals surface area contributed by atoms with Crippen molar-refractivity contribution >= 4 is 11.9 Å². The molecule has 3 amide bonds. The number of urea groups is 1. The monoisotopic (exact) mass is 197 g/mol. The second kappa shape index (κ2) is 3.86. The predicted molar refractivity (Wildman–Crippen MR) is 50.7 cm³/mol. The van der Waals surface area contributed by atoms with Gasteiger partial charge in [0.05, 0.1) is 0 Å². The van der Waals surface area contributed by atoms with Crippen LogP contribution in [-0.4, -0.2) is 30.6 Å². The van der Waals surface area contributed by atoms with Crippen molar-refractivity contribution in [2.75, 3.05) is 6.54 Å². The van der Waals surface area contributed by atoms with E-state index >= 15 is 0 Å². The summed E-state index contributed by atoms with van der Waals surface area (Å²) in [6.45, 7) is 0.552. The molecular formula is C9H15N3O2. The van der Waals surface area contributed by atoms with Crippen LogP contribution in [0.1, 0.15) is 25.7 Å². The minimum Gasteiger partial charge on any atom is -0.354 e. The van der Waals surface area contributed by atoms with Gasteiger partial charge in [-0.25, -0.2) is 4.79 Å². The molecule has 1 saturated heterocycles. The van der Waals surface area contributed by atoms with Crippen LogP contribution in [0.5, 0.6) is 0 Å². The molecular weight excluding hydrogens is 182 g/mol. The second-order valence-corrected chi connectivity index (χ2v) is 3.93. The lowest BCUT2D eigenvalue weighted by molar-refractivity contribution is -0.122. The third kappa shape index (κ3) is 2.61. The third-order valence-electron chi connectivity index (χ3n) is 2.51. The second-order valence-electron chi connectivity index (χ2n) is 3.93. The minimum atomic E-state index is -0.103. The highest BCUT2D eigenvalue weighted by molar-refractivity contribution is 5.78. The first-order valence-corrected chi connectivity index (χ1v) is 5.08. The number of hydrogen-bond acceptors (Lipinski definition) is 2. The minimum absolute atomic E-state index is 0.0747. The summed E-state index contributed by atoms with van der Waals surface area (Å²) < 4.78 is 0. The smallest absolute Gasteiger partial charge is 0.315 e. The number of carbonyl (C=O) groups is 2. The number of piperidine rings is 1. The molecule has 3 N–H and O–H groups in total. The molecule has 14 heavy (non-hydrogen) atoms. The summed E-state index contributed by atoms with van der Waals surface area (Å²) in [4.78, 5) is 22.2. The zero-order valence-corrected chi connectivity index (χ0v) is 8.01. The van der Waals surface area contributed by atoms with Crippen LogP contribution in [-0.2, 0) is 4.79 Å². The SMILES string of the molecule is O=C1CCC(NC(=O)NC2CC2)CN1. The molecule has 0 aromatic rings. The fourth-order valence-corrected chi connectivity index (χ4v) is 1.50. The summed E-state index contributed by atoms with van der Waals surface area (Å²) in [7, 11) is 0. The first-order chi connectivity index (χ1) is 6.74. The Morgan fingerprint density at radius 3 is 2.50 bits per heavy atom. The molecule has 0 spiro atoms. The first kappa shape index (κ1) is 9.30. The molecule has 5 heteroatoms. The number of rotatable bonds is 2. The predicted octanol–water partition coefficient (Wildman–Crippen LogP) is -0.273. The molecule has 1 saturated carbocycles. The van der Waals surface area contributed by atoms with Gasteiger partial charge < -0.3 is 16.0 Å². The van der Waals surface area contributed by atoms with Crippen LogP contribution in [0.25, 0.3) is 0 Å². The fourth-order valence-electron chi connectivity index (χ4n) is 1.50. The highest BCUT2D eigenvalue weighted by atomic mass is 16.2. The van der Waals surface area contributed by atoms with Crippen molar-refractivity contribution in [2.24, 2.45) is 0 Å². The van der Waals surface area contributed by atoms with E-state index < -0.39 is 0 Å². The maximum atomic E-state index is 11.3. The average Bonchev–Trinajstić information content (AvgIpc) is 2.93. The van der Waals surface area contributed by atoms with Gasteiger partial charge >= 0.3 is 6.03 Å². The van der Waals surface area contributed by atoms with E-state index in [1.54, 1.807) is 0 Å². The van der Waals surface area contributed by atoms with Crippen molar-refractivity contribution in [2.45, 2.75) is 37.8 Å². The Balaban J connectivity index is 1.68. The topological polar surface area (TPSA) is 70.2 Å². The molecule has 78 valence electrons. The van der Waals surface area contributed by atoms with Crippen molar-refractivity contribution in [1.29, 1.82) is 0 Å². The molecule has 1 heterocycles. The van der Waals surface area contributed by atoms with E-state index in [0.29, 0.717) is 19.0 Å². The van der Waals surface area contributed by atoms with E-state index in [1.165, 1.54) is 0 Å². The maximum Gasteiger partial charge on any atom is 0.315 e. The van der Waals surface area contributed by atoms with Gasteiger partial charge in [-0.1, -0.05) is 0 Å². The maximum absolute atomic E-state index is 11.3. The molecule has 1 aliphatic carbocycles. The normalized spacial score (nSPS) is 26.6. The van der Waals surface area contributed by atoms with Crippen molar-refractivity contribution in [3.8, 4) is 0 Å². The Hall–Kier alpha value is -1.26. The molecule has 1 atom stereocenters. The van der Waals surface area contributed by atoms with Crippen LogP contribution in [0.4, 0.5) is 4.79 Å². The van der Waals surface area contributed by atoms with Crippen molar-refractivity contribution in [1.82, 2.24) is 16.0 Å². The van der Waals surface area contributed by atoms with Crippen LogP contribution in [0.15, 0.2) is 0 Å². The van der Waals surface area contributed by atoms with Gasteiger partial charge in [0.25, 0.3) is 0 Å². The molecule has 0 radical (unpaired) electrons. The van der Waals surface area contributed by atoms with Crippen LogP contribution < -0.4 is 16.0 Å². The van der Waals surface area contributed by atoms with Crippen molar-refractivity contribution in [3.05, 3.63) is 0 Å². The quantitative estimate of drug-likeness (QED) is 0.570. The van der Waals surface area contributed by atoms with Crippen LogP contribution in [0.2, 0.25) is 0 Å². The van der Waals surface area contributed by atoms with E-state index in [4.69, 9.17) is 0 Å². The lowest BCUT2D eigenvalue weighted by Crippen LogP contribution is -2.50. The van der Waals surface area contributed by atoms with E-state index in [0.717, 1.165) is 19.3 Å². The number of hydrogen-bond donors (Lipinski definition) is 3. The Morgan fingerprint density at radius 1 is 1.21 bits per heavy atom. The molecule has 0 aromatic heterocycles. The molecule has 0 aromatic carbocycles. The average molecular weight is 197 g/mol. The third-order valence-corrected chi connectivity index (χ3v) is 2.51. The van der Waals surface area contributed by atoms with Gasteiger partial charge in [0.2, 0.25) is 5.91 Å². The molecule has 2 rings (SSSR count). The zero-order chi connectivity index (χ0) is 9.97. The van der Waals surface area contributed by atoms with E-state index in [-0.39, 0.29) is 18.0 Å². The Kier molecular flexibility index (Phi) is 2.56. The molecule has 1 unspecified atom stereocenters. The number of carbonyl (C=O) groups excluding carboxylic acids is 2. The lowest BCUT2D eigenvalue weighted by Gasteiger charge is -2.23. The van der Waals surface area contributed by atoms with Crippen molar-refractivity contribution < 1.29 is 9.59 Å². The van der Waals surface area contributed by atoms with Gasteiger partial charge in [0.15, 0.2) is 0 Å².